The number of hydrogen-bond donors (Lipinski definition) is 0. The largest absolute Gasteiger partial charge is 0.458 e. The molecule has 10 aromatic carbocycles. The van der Waals surface area contributed by atoms with Gasteiger partial charge in [-0.15, -0.1) is 0 Å². The number of esters is 4. The van der Waals surface area contributed by atoms with Gasteiger partial charge in [0.1, 0.15) is 24.4 Å². The lowest BCUT2D eigenvalue weighted by Crippen LogP contribution is -2.24. The molecule has 10 nitrogen and oxygen atoms in total. The first kappa shape index (κ1) is 49.6. The van der Waals surface area contributed by atoms with E-state index in [0.717, 1.165) is 111 Å². The Morgan fingerprint density at radius 3 is 1.14 bits per heavy atom. The predicted molar refractivity (Wildman–Crippen MR) is 308 cm³/mol. The van der Waals surface area contributed by atoms with Crippen molar-refractivity contribution in [3.63, 3.8) is 0 Å². The molecule has 78 heavy (non-hydrogen) atoms. The molecule has 0 saturated carbocycles. The minimum Gasteiger partial charge on any atom is -0.458 e. The Morgan fingerprint density at radius 1 is 0.333 bits per heavy atom. The number of carbonyl (C=O) groups is 4. The average Bonchev–Trinajstić information content (AvgIpc) is 3.41. The van der Waals surface area contributed by atoms with Crippen molar-refractivity contribution in [2.24, 2.45) is 0 Å². The maximum Gasteiger partial charge on any atom is 0.303 e. The Kier molecular flexibility index (Phi) is 13.2. The van der Waals surface area contributed by atoms with Crippen LogP contribution in [-0.4, -0.2) is 23.9 Å². The molecular weight excluding hydrogens is 973 g/mol. The molecule has 4 atom stereocenters. The number of para-hydroxylation sites is 2. The molecule has 0 aliphatic heterocycles. The highest BCUT2D eigenvalue weighted by molar-refractivity contribution is 6.30. The molecule has 0 spiro atoms. The Labute approximate surface area is 452 Å². The Balaban J connectivity index is 1.14. The summed E-state index contributed by atoms with van der Waals surface area (Å²) in [5.74, 6) is -1.51. The number of hydrogen-bond acceptors (Lipinski definition) is 10. The van der Waals surface area contributed by atoms with Crippen molar-refractivity contribution in [2.45, 2.75) is 77.8 Å². The molecule has 0 aromatic heterocycles. The van der Waals surface area contributed by atoms with Crippen LogP contribution in [0.25, 0.3) is 54.2 Å². The molecule has 0 heterocycles. The lowest BCUT2D eigenvalue weighted by Gasteiger charge is -2.37. The first-order valence-electron chi connectivity index (χ1n) is 26.6. The Morgan fingerprint density at radius 2 is 0.692 bits per heavy atom. The summed E-state index contributed by atoms with van der Waals surface area (Å²) in [5.41, 5.74) is 10.8. The van der Waals surface area contributed by atoms with E-state index in [1.165, 1.54) is 27.7 Å². The van der Waals surface area contributed by atoms with Crippen molar-refractivity contribution in [3.8, 4) is 11.1 Å². The van der Waals surface area contributed by atoms with E-state index < -0.39 is 24.4 Å². The summed E-state index contributed by atoms with van der Waals surface area (Å²) in [5, 5.41) is 8.16. The SMILES string of the molecule is CC(=O)OC1CCC(OC(C)=O)c2cc(N(c3ccccc3)c3c4ccccc4c(-c4c5ccccc5c(N(c5ccccc5)c5cccc6c5C(OC(C)=O)CCC6OC(C)=O)c5ccccc45)c4ccccc34)ccc21. The van der Waals surface area contributed by atoms with Crippen molar-refractivity contribution in [3.05, 3.63) is 216 Å². The van der Waals surface area contributed by atoms with Gasteiger partial charge in [0.05, 0.1) is 17.1 Å². The third-order valence-corrected chi connectivity index (χ3v) is 15.2. The van der Waals surface area contributed by atoms with E-state index in [1.54, 1.807) is 0 Å². The quantitative estimate of drug-likeness (QED) is 0.0705. The molecule has 0 bridgehead atoms. The summed E-state index contributed by atoms with van der Waals surface area (Å²) in [6.07, 6.45) is -0.111. The average molecular weight is 1030 g/mol. The van der Waals surface area contributed by atoms with Crippen LogP contribution in [0.2, 0.25) is 0 Å². The lowest BCUT2D eigenvalue weighted by atomic mass is 9.83. The maximum absolute atomic E-state index is 12.9. The van der Waals surface area contributed by atoms with E-state index in [9.17, 15) is 19.2 Å². The molecule has 0 saturated heterocycles. The molecule has 2 aliphatic rings. The van der Waals surface area contributed by atoms with E-state index in [-0.39, 0.29) is 23.9 Å². The van der Waals surface area contributed by atoms with Crippen molar-refractivity contribution >= 4 is 101 Å². The first-order chi connectivity index (χ1) is 38.0. The number of ether oxygens (including phenoxy) is 4. The highest BCUT2D eigenvalue weighted by Gasteiger charge is 2.37. The summed E-state index contributed by atoms with van der Waals surface area (Å²) in [7, 11) is 0. The second-order valence-electron chi connectivity index (χ2n) is 20.1. The zero-order valence-corrected chi connectivity index (χ0v) is 43.8. The van der Waals surface area contributed by atoms with Crippen LogP contribution in [0.3, 0.4) is 0 Å². The van der Waals surface area contributed by atoms with Crippen LogP contribution in [0.4, 0.5) is 34.1 Å². The number of nitrogens with zero attached hydrogens (tertiary/aromatic N) is 2. The molecule has 0 amide bonds. The molecule has 0 N–H and O–H groups in total. The van der Waals surface area contributed by atoms with Gasteiger partial charge in [-0.05, 0) is 106 Å². The van der Waals surface area contributed by atoms with Crippen LogP contribution in [0.1, 0.15) is 100 Å². The number of carbonyl (C=O) groups excluding carboxylic acids is 4. The summed E-state index contributed by atoms with van der Waals surface area (Å²) in [4.78, 5) is 55.1. The van der Waals surface area contributed by atoms with Crippen LogP contribution in [0.15, 0.2) is 194 Å². The molecule has 2 aliphatic carbocycles. The van der Waals surface area contributed by atoms with Crippen molar-refractivity contribution in [2.75, 3.05) is 9.80 Å². The minimum absolute atomic E-state index is 0.367. The minimum atomic E-state index is -0.593. The Bertz CT molecular complexity index is 3890. The van der Waals surface area contributed by atoms with Gasteiger partial charge >= 0.3 is 23.9 Å². The van der Waals surface area contributed by atoms with Crippen molar-refractivity contribution < 1.29 is 38.1 Å². The van der Waals surface area contributed by atoms with Gasteiger partial charge in [0.25, 0.3) is 0 Å². The second-order valence-corrected chi connectivity index (χ2v) is 20.1. The normalized spacial score (nSPS) is 16.7. The van der Waals surface area contributed by atoms with Gasteiger partial charge in [-0.1, -0.05) is 152 Å². The van der Waals surface area contributed by atoms with Gasteiger partial charge in [0.15, 0.2) is 0 Å². The highest BCUT2D eigenvalue weighted by Crippen LogP contribution is 2.56. The third-order valence-electron chi connectivity index (χ3n) is 15.2. The number of benzene rings is 10. The van der Waals surface area contributed by atoms with Crippen LogP contribution < -0.4 is 9.80 Å². The standard InChI is InChI=1S/C68H56N2O8/c1-41(71)75-60-36-37-62(77-43(3)73)58-40-47(34-35-48(58)60)69(45-20-7-5-8-21-45)67-53-28-15-11-24-49(53)64(50-25-12-16-29-54(50)67)65-51-26-13-17-30-55(51)68(56-31-18-14-27-52(56)65)70(46-22-9-6-10-23-46)59-33-19-32-57-61(76-42(2)72)38-39-63(66(57)59)78-44(4)74/h5-35,40,60-63H,36-39H2,1-4H3. The van der Waals surface area contributed by atoms with Crippen molar-refractivity contribution in [1.29, 1.82) is 0 Å². The van der Waals surface area contributed by atoms with Gasteiger partial charge in [-0.3, -0.25) is 19.2 Å². The molecule has 386 valence electrons. The van der Waals surface area contributed by atoms with Crippen molar-refractivity contribution in [1.82, 2.24) is 0 Å². The third kappa shape index (κ3) is 8.92. The van der Waals surface area contributed by atoms with Crippen LogP contribution in [0.5, 0.6) is 0 Å². The Hall–Kier alpha value is -9.28. The summed E-state index contributed by atoms with van der Waals surface area (Å²) in [6, 6.07) is 67.2. The highest BCUT2D eigenvalue weighted by atomic mass is 16.6. The van der Waals surface area contributed by atoms with Gasteiger partial charge in [-0.25, -0.2) is 0 Å². The van der Waals surface area contributed by atoms with Gasteiger partial charge in [-0.2, -0.15) is 0 Å². The summed E-state index contributed by atoms with van der Waals surface area (Å²) >= 11 is 0. The molecule has 10 aromatic rings. The van der Waals surface area contributed by atoms with Gasteiger partial charge < -0.3 is 28.7 Å². The summed E-state index contributed by atoms with van der Waals surface area (Å²) < 4.78 is 24.0. The van der Waals surface area contributed by atoms with Crippen LogP contribution in [0, 0.1) is 0 Å². The van der Waals surface area contributed by atoms with E-state index >= 15 is 0 Å². The first-order valence-corrected chi connectivity index (χ1v) is 26.6. The fraction of sp³-hybridized carbons (Fsp3) is 0.176. The number of anilines is 6. The molecule has 10 heteroatoms. The topological polar surface area (TPSA) is 112 Å². The van der Waals surface area contributed by atoms with E-state index in [1.807, 2.05) is 54.6 Å². The monoisotopic (exact) mass is 1030 g/mol. The van der Waals surface area contributed by atoms with E-state index in [2.05, 4.69) is 149 Å². The maximum atomic E-state index is 12.9. The van der Waals surface area contributed by atoms with E-state index in [0.29, 0.717) is 25.7 Å². The van der Waals surface area contributed by atoms with Gasteiger partial charge in [0.2, 0.25) is 0 Å². The number of fused-ring (bicyclic) bond motifs is 6. The fourth-order valence-electron chi connectivity index (χ4n) is 12.4. The molecule has 0 fully saturated rings. The zero-order chi connectivity index (χ0) is 53.6. The molecule has 4 unspecified atom stereocenters. The molecular formula is C68H56N2O8. The summed E-state index contributed by atoms with van der Waals surface area (Å²) in [6.45, 7) is 5.72. The number of rotatable bonds is 11. The second kappa shape index (κ2) is 20.7. The van der Waals surface area contributed by atoms with Crippen LogP contribution >= 0.6 is 0 Å². The van der Waals surface area contributed by atoms with E-state index in [4.69, 9.17) is 18.9 Å². The van der Waals surface area contributed by atoms with Gasteiger partial charge in [0, 0.05) is 83.0 Å². The van der Waals surface area contributed by atoms with Crippen LogP contribution in [-0.2, 0) is 38.1 Å². The zero-order valence-electron chi connectivity index (χ0n) is 43.8. The molecule has 0 radical (unpaired) electrons. The lowest BCUT2D eigenvalue weighted by molar-refractivity contribution is -0.153. The fourth-order valence-corrected chi connectivity index (χ4v) is 12.4. The molecule has 12 rings (SSSR count). The smallest absolute Gasteiger partial charge is 0.303 e. The predicted octanol–water partition coefficient (Wildman–Crippen LogP) is 16.9.